The molecule has 0 fully saturated rings. The van der Waals surface area contributed by atoms with E-state index in [9.17, 15) is 9.59 Å². The van der Waals surface area contributed by atoms with Crippen molar-refractivity contribution >= 4 is 28.6 Å². The molecule has 22 heavy (non-hydrogen) atoms. The van der Waals surface area contributed by atoms with Crippen molar-refractivity contribution in [2.45, 2.75) is 20.4 Å². The van der Waals surface area contributed by atoms with Crippen LogP contribution in [0.3, 0.4) is 0 Å². The number of halogens is 1. The zero-order valence-electron chi connectivity index (χ0n) is 12.3. The molecule has 0 spiro atoms. The van der Waals surface area contributed by atoms with Gasteiger partial charge in [0.1, 0.15) is 12.1 Å². The summed E-state index contributed by atoms with van der Waals surface area (Å²) >= 11 is 5.67. The molecule has 0 aliphatic carbocycles. The van der Waals surface area contributed by atoms with Crippen molar-refractivity contribution in [1.29, 1.82) is 0 Å². The predicted molar refractivity (Wildman–Crippen MR) is 79.8 cm³/mol. The number of carbonyl (C=O) groups excluding carboxylic acids is 1. The van der Waals surface area contributed by atoms with Gasteiger partial charge in [0.05, 0.1) is 26.0 Å². The van der Waals surface area contributed by atoms with Crippen LogP contribution in [0.2, 0.25) is 5.28 Å². The van der Waals surface area contributed by atoms with Crippen LogP contribution in [-0.4, -0.2) is 45.5 Å². The summed E-state index contributed by atoms with van der Waals surface area (Å²) in [6, 6.07) is 0. The fourth-order valence-corrected chi connectivity index (χ4v) is 1.93. The molecule has 9 heteroatoms. The number of rotatable bonds is 7. The number of nitrogens with one attached hydrogen (secondary N) is 1. The Bertz CT molecular complexity index is 710. The van der Waals surface area contributed by atoms with Crippen LogP contribution in [-0.2, 0) is 20.8 Å². The molecule has 0 aliphatic rings. The van der Waals surface area contributed by atoms with Crippen LogP contribution in [0, 0.1) is 5.92 Å². The van der Waals surface area contributed by atoms with Crippen molar-refractivity contribution in [2.75, 3.05) is 19.8 Å². The molecule has 8 nitrogen and oxygen atoms in total. The minimum atomic E-state index is -0.412. The first-order valence-corrected chi connectivity index (χ1v) is 7.20. The molecule has 2 heterocycles. The standard InChI is InChI=1S/C13H17ClN4O4/c1-8(2)6-22-10(19)7-21-4-3-18-11-9(5-15-18)16-13(14)17-12(11)20/h5,8H,3-4,6-7H2,1-2H3,(H,16,17,20). The lowest BCUT2D eigenvalue weighted by atomic mass is 10.2. The molecule has 2 aromatic heterocycles. The van der Waals surface area contributed by atoms with Crippen molar-refractivity contribution in [3.05, 3.63) is 21.8 Å². The van der Waals surface area contributed by atoms with Crippen molar-refractivity contribution < 1.29 is 14.3 Å². The van der Waals surface area contributed by atoms with Gasteiger partial charge in [-0.25, -0.2) is 9.78 Å². The van der Waals surface area contributed by atoms with E-state index in [-0.39, 0.29) is 30.0 Å². The van der Waals surface area contributed by atoms with E-state index in [1.165, 1.54) is 10.9 Å². The molecule has 2 aromatic rings. The summed E-state index contributed by atoms with van der Waals surface area (Å²) in [5.74, 6) is -0.129. The summed E-state index contributed by atoms with van der Waals surface area (Å²) in [5, 5.41) is 4.07. The van der Waals surface area contributed by atoms with Gasteiger partial charge in [-0.3, -0.25) is 14.5 Å². The molecular formula is C13H17ClN4O4. The molecule has 0 saturated carbocycles. The molecule has 0 atom stereocenters. The number of hydrogen-bond donors (Lipinski definition) is 1. The summed E-state index contributed by atoms with van der Waals surface area (Å²) in [6.45, 7) is 4.67. The smallest absolute Gasteiger partial charge is 0.332 e. The number of fused-ring (bicyclic) bond motifs is 1. The average Bonchev–Trinajstić information content (AvgIpc) is 2.84. The molecule has 0 bridgehead atoms. The lowest BCUT2D eigenvalue weighted by Crippen LogP contribution is -2.19. The molecule has 120 valence electrons. The van der Waals surface area contributed by atoms with Crippen LogP contribution >= 0.6 is 11.6 Å². The van der Waals surface area contributed by atoms with Crippen LogP contribution in [0.25, 0.3) is 11.0 Å². The topological polar surface area (TPSA) is 99.1 Å². The van der Waals surface area contributed by atoms with Gasteiger partial charge in [0.15, 0.2) is 5.52 Å². The molecule has 0 amide bonds. The fourth-order valence-electron chi connectivity index (χ4n) is 1.75. The highest BCUT2D eigenvalue weighted by Crippen LogP contribution is 2.08. The molecule has 0 radical (unpaired) electrons. The minimum Gasteiger partial charge on any atom is -0.464 e. The van der Waals surface area contributed by atoms with E-state index in [0.717, 1.165) is 0 Å². The van der Waals surface area contributed by atoms with Crippen LogP contribution in [0.4, 0.5) is 0 Å². The van der Waals surface area contributed by atoms with Gasteiger partial charge in [0.25, 0.3) is 5.56 Å². The fraction of sp³-hybridized carbons (Fsp3) is 0.538. The maximum absolute atomic E-state index is 11.8. The number of hydrogen-bond acceptors (Lipinski definition) is 6. The van der Waals surface area contributed by atoms with Crippen molar-refractivity contribution in [3.8, 4) is 0 Å². The third-order valence-electron chi connectivity index (χ3n) is 2.72. The quantitative estimate of drug-likeness (QED) is 0.462. The van der Waals surface area contributed by atoms with Crippen LogP contribution < -0.4 is 5.56 Å². The number of nitrogens with zero attached hydrogens (tertiary/aromatic N) is 3. The minimum absolute atomic E-state index is 0.0150. The van der Waals surface area contributed by atoms with Gasteiger partial charge >= 0.3 is 5.97 Å². The molecule has 0 saturated heterocycles. The molecular weight excluding hydrogens is 312 g/mol. The summed E-state index contributed by atoms with van der Waals surface area (Å²) in [7, 11) is 0. The first-order valence-electron chi connectivity index (χ1n) is 6.82. The highest BCUT2D eigenvalue weighted by Gasteiger charge is 2.10. The number of aromatic amines is 1. The summed E-state index contributed by atoms with van der Waals surface area (Å²) < 4.78 is 11.7. The molecule has 0 aromatic carbocycles. The van der Waals surface area contributed by atoms with Gasteiger partial charge in [-0.05, 0) is 17.5 Å². The number of carbonyl (C=O) groups is 1. The zero-order chi connectivity index (χ0) is 16.1. The van der Waals surface area contributed by atoms with Gasteiger partial charge in [-0.1, -0.05) is 13.8 Å². The van der Waals surface area contributed by atoms with Gasteiger partial charge in [-0.15, -0.1) is 0 Å². The molecule has 2 rings (SSSR count). The van der Waals surface area contributed by atoms with E-state index in [1.54, 1.807) is 0 Å². The number of esters is 1. The highest BCUT2D eigenvalue weighted by molar-refractivity contribution is 6.28. The van der Waals surface area contributed by atoms with E-state index in [4.69, 9.17) is 21.1 Å². The van der Waals surface area contributed by atoms with E-state index in [1.807, 2.05) is 13.8 Å². The van der Waals surface area contributed by atoms with Gasteiger partial charge < -0.3 is 9.47 Å². The first kappa shape index (κ1) is 16.4. The summed E-state index contributed by atoms with van der Waals surface area (Å²) in [4.78, 5) is 29.5. The molecule has 0 aliphatic heterocycles. The van der Waals surface area contributed by atoms with Crippen molar-refractivity contribution in [2.24, 2.45) is 5.92 Å². The van der Waals surface area contributed by atoms with Crippen molar-refractivity contribution in [3.63, 3.8) is 0 Å². The van der Waals surface area contributed by atoms with E-state index < -0.39 is 5.97 Å². The lowest BCUT2D eigenvalue weighted by Gasteiger charge is -2.08. The Hall–Kier alpha value is -1.93. The van der Waals surface area contributed by atoms with E-state index >= 15 is 0 Å². The van der Waals surface area contributed by atoms with Crippen LogP contribution in [0.15, 0.2) is 11.0 Å². The Morgan fingerprint density at radius 2 is 2.27 bits per heavy atom. The highest BCUT2D eigenvalue weighted by atomic mass is 35.5. The van der Waals surface area contributed by atoms with E-state index in [0.29, 0.717) is 24.2 Å². The van der Waals surface area contributed by atoms with Crippen LogP contribution in [0.5, 0.6) is 0 Å². The third-order valence-corrected chi connectivity index (χ3v) is 2.89. The largest absolute Gasteiger partial charge is 0.464 e. The Balaban J connectivity index is 1.85. The summed E-state index contributed by atoms with van der Waals surface area (Å²) in [6.07, 6.45) is 1.45. The average molecular weight is 329 g/mol. The third kappa shape index (κ3) is 4.28. The second-order valence-corrected chi connectivity index (χ2v) is 5.45. The molecule has 1 N–H and O–H groups in total. The van der Waals surface area contributed by atoms with Gasteiger partial charge in [0.2, 0.25) is 5.28 Å². The second-order valence-electron chi connectivity index (χ2n) is 5.09. The summed E-state index contributed by atoms with van der Waals surface area (Å²) in [5.41, 5.74) is 0.351. The van der Waals surface area contributed by atoms with Gasteiger partial charge in [0, 0.05) is 0 Å². The Morgan fingerprint density at radius 3 is 3.00 bits per heavy atom. The number of ether oxygens (including phenoxy) is 2. The SMILES string of the molecule is CC(C)COC(=O)COCCn1ncc2nc(Cl)[nH]c(=O)c21. The van der Waals surface area contributed by atoms with E-state index in [2.05, 4.69) is 15.1 Å². The maximum Gasteiger partial charge on any atom is 0.332 e. The number of aromatic nitrogens is 4. The molecule has 0 unspecified atom stereocenters. The number of H-pyrrole nitrogens is 1. The predicted octanol–water partition coefficient (Wildman–Crippen LogP) is 0.989. The monoisotopic (exact) mass is 328 g/mol. The second kappa shape index (κ2) is 7.37. The Morgan fingerprint density at radius 1 is 1.50 bits per heavy atom. The first-order chi connectivity index (χ1) is 10.5. The van der Waals surface area contributed by atoms with Gasteiger partial charge in [-0.2, -0.15) is 5.10 Å². The van der Waals surface area contributed by atoms with Crippen molar-refractivity contribution in [1.82, 2.24) is 19.7 Å². The Kier molecular flexibility index (Phi) is 5.51. The van der Waals surface area contributed by atoms with Crippen LogP contribution in [0.1, 0.15) is 13.8 Å². The zero-order valence-corrected chi connectivity index (χ0v) is 13.1. The normalized spacial score (nSPS) is 11.3. The maximum atomic E-state index is 11.8. The Labute approximate surface area is 131 Å². The lowest BCUT2D eigenvalue weighted by molar-refractivity contribution is -0.150.